The fourth-order valence-corrected chi connectivity index (χ4v) is 1.32. The fourth-order valence-electron chi connectivity index (χ4n) is 1.32. The molecule has 0 aromatic carbocycles. The monoisotopic (exact) mass is 236 g/mol. The Bertz CT molecular complexity index is 421. The Kier molecular flexibility index (Phi) is 6.87. The second-order valence-corrected chi connectivity index (χ2v) is 3.39. The summed E-state index contributed by atoms with van der Waals surface area (Å²) in [5, 5.41) is 4.28. The zero-order valence-corrected chi connectivity index (χ0v) is 11.3. The fraction of sp³-hybridized carbons (Fsp3) is 0.357. The van der Waals surface area contributed by atoms with Crippen LogP contribution in [0.2, 0.25) is 0 Å². The molecule has 0 aliphatic heterocycles. The van der Waals surface area contributed by atoms with Gasteiger partial charge in [0.05, 0.1) is 17.2 Å². The van der Waals surface area contributed by atoms with Gasteiger partial charge in [-0.2, -0.15) is 5.10 Å². The van der Waals surface area contributed by atoms with Gasteiger partial charge < -0.3 is 0 Å². The van der Waals surface area contributed by atoms with Crippen LogP contribution in [0.15, 0.2) is 36.7 Å². The van der Waals surface area contributed by atoms with E-state index in [4.69, 9.17) is 0 Å². The van der Waals surface area contributed by atoms with Crippen molar-refractivity contribution in [2.45, 2.75) is 34.6 Å². The zero-order chi connectivity index (χ0) is 13.4. The van der Waals surface area contributed by atoms with Crippen LogP contribution >= 0.6 is 0 Å². The van der Waals surface area contributed by atoms with Crippen molar-refractivity contribution in [2.24, 2.45) is 0 Å². The highest BCUT2D eigenvalue weighted by Gasteiger charge is 2.02. The van der Waals surface area contributed by atoms with Crippen LogP contribution in [-0.2, 0) is 0 Å². The highest BCUT2D eigenvalue weighted by molar-refractivity contribution is 5.58. The van der Waals surface area contributed by atoms with Crippen LogP contribution in [-0.4, -0.2) is 9.78 Å². The molecule has 0 radical (unpaired) electrons. The largest absolute Gasteiger partial charge is 0.238 e. The van der Waals surface area contributed by atoms with Crippen molar-refractivity contribution in [2.75, 3.05) is 0 Å². The van der Waals surface area contributed by atoms with Crippen molar-refractivity contribution in [1.29, 1.82) is 0 Å². The van der Waals surface area contributed by atoms with E-state index in [1.54, 1.807) is 16.8 Å². The molecule has 0 fully saturated rings. The van der Waals surface area contributed by atoms with Crippen LogP contribution < -0.4 is 0 Å². The third-order valence-electron chi connectivity index (χ3n) is 1.95. The molecule has 0 saturated heterocycles. The van der Waals surface area contributed by atoms with Crippen LogP contribution in [0.25, 0.3) is 5.70 Å². The molecule has 1 heterocycles. The molecule has 0 saturated carbocycles. The van der Waals surface area contributed by atoms with Gasteiger partial charge in [0, 0.05) is 5.69 Å². The maximum Gasteiger partial charge on any atom is 0.0969 e. The van der Waals surface area contributed by atoms with Crippen LogP contribution in [0.1, 0.15) is 32.2 Å². The second kappa shape index (κ2) is 7.60. The molecule has 0 unspecified atom stereocenters. The second-order valence-electron chi connectivity index (χ2n) is 3.39. The lowest BCUT2D eigenvalue weighted by Gasteiger charge is -2.03. The normalized spacial score (nSPS) is 11.9. The van der Waals surface area contributed by atoms with E-state index in [-0.39, 0.29) is 5.83 Å². The maximum atomic E-state index is 12.6. The van der Waals surface area contributed by atoms with Crippen molar-refractivity contribution < 1.29 is 4.39 Å². The first-order chi connectivity index (χ1) is 8.04. The summed E-state index contributed by atoms with van der Waals surface area (Å²) in [6, 6.07) is 1.96. The van der Waals surface area contributed by atoms with Gasteiger partial charge in [0.2, 0.25) is 0 Å². The lowest BCUT2D eigenvalue weighted by molar-refractivity contribution is 0.640. The van der Waals surface area contributed by atoms with Crippen molar-refractivity contribution >= 4 is 5.70 Å². The van der Waals surface area contributed by atoms with Gasteiger partial charge in [0.15, 0.2) is 0 Å². The number of aryl methyl sites for hydroxylation is 2. The average Bonchev–Trinajstić information content (AvgIpc) is 2.62. The third-order valence-corrected chi connectivity index (χ3v) is 1.95. The summed E-state index contributed by atoms with van der Waals surface area (Å²) in [7, 11) is 0. The Hall–Kier alpha value is -1.64. The predicted octanol–water partition coefficient (Wildman–Crippen LogP) is 4.43. The molecule has 0 N–H and O–H groups in total. The first kappa shape index (κ1) is 15.4. The number of hydrogen-bond acceptors (Lipinski definition) is 1. The number of allylic oxidation sites excluding steroid dienone is 5. The summed E-state index contributed by atoms with van der Waals surface area (Å²) >= 11 is 0. The molecule has 0 atom stereocenters. The molecule has 1 aromatic rings. The average molecular weight is 236 g/mol. The van der Waals surface area contributed by atoms with Gasteiger partial charge in [-0.05, 0) is 45.1 Å². The van der Waals surface area contributed by atoms with Crippen LogP contribution in [0.3, 0.4) is 0 Å². The quantitative estimate of drug-likeness (QED) is 0.710. The van der Waals surface area contributed by atoms with Gasteiger partial charge in [-0.15, -0.1) is 0 Å². The minimum absolute atomic E-state index is 0.240. The molecule has 0 aliphatic rings. The highest BCUT2D eigenvalue weighted by Crippen LogP contribution is 2.11. The van der Waals surface area contributed by atoms with Crippen molar-refractivity contribution in [3.05, 3.63) is 48.1 Å². The highest BCUT2D eigenvalue weighted by atomic mass is 19.1. The lowest BCUT2D eigenvalue weighted by Crippen LogP contribution is -1.99. The summed E-state index contributed by atoms with van der Waals surface area (Å²) in [4.78, 5) is 0. The minimum atomic E-state index is -0.240. The Balaban J connectivity index is 0.00000121. The van der Waals surface area contributed by atoms with Gasteiger partial charge in [0.1, 0.15) is 0 Å². The summed E-state index contributed by atoms with van der Waals surface area (Å²) in [6.45, 7) is 13.0. The molecule has 2 nitrogen and oxygen atoms in total. The van der Waals surface area contributed by atoms with E-state index in [0.29, 0.717) is 0 Å². The summed E-state index contributed by atoms with van der Waals surface area (Å²) in [5.74, 6) is -0.240. The molecule has 1 rings (SSSR count). The molecule has 94 valence electrons. The number of hydrogen-bond donors (Lipinski definition) is 0. The predicted molar refractivity (Wildman–Crippen MR) is 72.4 cm³/mol. The Morgan fingerprint density at radius 1 is 1.35 bits per heavy atom. The number of halogens is 1. The van der Waals surface area contributed by atoms with E-state index in [1.165, 1.54) is 13.0 Å². The van der Waals surface area contributed by atoms with E-state index in [0.717, 1.165) is 17.1 Å². The van der Waals surface area contributed by atoms with E-state index in [1.807, 2.05) is 33.8 Å². The van der Waals surface area contributed by atoms with Crippen molar-refractivity contribution in [1.82, 2.24) is 9.78 Å². The van der Waals surface area contributed by atoms with Crippen molar-refractivity contribution in [3.8, 4) is 0 Å². The van der Waals surface area contributed by atoms with Crippen LogP contribution in [0, 0.1) is 13.8 Å². The molecule has 17 heavy (non-hydrogen) atoms. The molecule has 0 aliphatic carbocycles. The maximum absolute atomic E-state index is 12.6. The SMILES string of the molecule is C=C/C(=C\C=C(/C)F)n1nc(C)cc1C.CC. The Morgan fingerprint density at radius 3 is 2.29 bits per heavy atom. The van der Waals surface area contributed by atoms with E-state index in [9.17, 15) is 4.39 Å². The molecular weight excluding hydrogens is 215 g/mol. The van der Waals surface area contributed by atoms with E-state index in [2.05, 4.69) is 11.7 Å². The molecule has 0 amide bonds. The van der Waals surface area contributed by atoms with Crippen LogP contribution in [0.4, 0.5) is 4.39 Å². The summed E-state index contributed by atoms with van der Waals surface area (Å²) in [5.41, 5.74) is 2.70. The number of nitrogens with zero attached hydrogens (tertiary/aromatic N) is 2. The zero-order valence-electron chi connectivity index (χ0n) is 11.3. The Morgan fingerprint density at radius 2 is 1.94 bits per heavy atom. The smallest absolute Gasteiger partial charge is 0.0969 e. The first-order valence-corrected chi connectivity index (χ1v) is 5.74. The third kappa shape index (κ3) is 4.81. The summed E-state index contributed by atoms with van der Waals surface area (Å²) in [6.07, 6.45) is 4.70. The van der Waals surface area contributed by atoms with E-state index < -0.39 is 0 Å². The first-order valence-electron chi connectivity index (χ1n) is 5.74. The van der Waals surface area contributed by atoms with E-state index >= 15 is 0 Å². The van der Waals surface area contributed by atoms with Crippen LogP contribution in [0.5, 0.6) is 0 Å². The standard InChI is InChI=1S/C12H15FN2.C2H6/c1-5-12(7-6-9(2)13)15-11(4)8-10(3)14-15;1-2/h5-8H,1H2,2-4H3;1-2H3/b9-6+,12-7+;. The van der Waals surface area contributed by atoms with Gasteiger partial charge in [-0.3, -0.25) is 0 Å². The topological polar surface area (TPSA) is 17.8 Å². The number of aromatic nitrogens is 2. The van der Waals surface area contributed by atoms with Crippen molar-refractivity contribution in [3.63, 3.8) is 0 Å². The van der Waals surface area contributed by atoms with Gasteiger partial charge in [-0.25, -0.2) is 9.07 Å². The molecule has 1 aromatic heterocycles. The molecule has 0 bridgehead atoms. The number of rotatable bonds is 3. The van der Waals surface area contributed by atoms with Gasteiger partial charge >= 0.3 is 0 Å². The Labute approximate surface area is 103 Å². The van der Waals surface area contributed by atoms with Gasteiger partial charge in [0.25, 0.3) is 0 Å². The lowest BCUT2D eigenvalue weighted by atomic mass is 10.3. The molecule has 3 heteroatoms. The molecule has 0 spiro atoms. The van der Waals surface area contributed by atoms with Gasteiger partial charge in [-0.1, -0.05) is 20.4 Å². The summed E-state index contributed by atoms with van der Waals surface area (Å²) < 4.78 is 14.3. The minimum Gasteiger partial charge on any atom is -0.238 e. The molecular formula is C14H21FN2.